The van der Waals surface area contributed by atoms with Crippen molar-refractivity contribution < 1.29 is 4.79 Å². The maximum absolute atomic E-state index is 11.9. The minimum Gasteiger partial charge on any atom is -0.298 e. The molecular formula is C14H25NO. The van der Waals surface area contributed by atoms with Crippen LogP contribution in [-0.2, 0) is 4.79 Å². The molecule has 2 heteroatoms. The first-order valence-corrected chi connectivity index (χ1v) is 6.48. The fourth-order valence-electron chi connectivity index (χ4n) is 2.10. The van der Waals surface area contributed by atoms with Crippen molar-refractivity contribution in [3.63, 3.8) is 0 Å². The molecule has 1 fully saturated rings. The molecule has 1 atom stereocenters. The van der Waals surface area contributed by atoms with Crippen molar-refractivity contribution in [1.29, 1.82) is 0 Å². The minimum atomic E-state index is 0.219. The highest BCUT2D eigenvalue weighted by atomic mass is 16.1. The van der Waals surface area contributed by atoms with Gasteiger partial charge in [-0.3, -0.25) is 9.69 Å². The molecule has 1 aliphatic rings. The van der Waals surface area contributed by atoms with Gasteiger partial charge >= 0.3 is 0 Å². The number of likely N-dealkylation sites (tertiary alicyclic amines) is 1. The Bertz CT molecular complexity index is 247. The van der Waals surface area contributed by atoms with Gasteiger partial charge in [-0.15, -0.1) is 0 Å². The lowest BCUT2D eigenvalue weighted by atomic mass is 9.99. The van der Waals surface area contributed by atoms with Crippen molar-refractivity contribution >= 4 is 5.78 Å². The summed E-state index contributed by atoms with van der Waals surface area (Å²) in [5.41, 5.74) is 1.35. The molecule has 16 heavy (non-hydrogen) atoms. The van der Waals surface area contributed by atoms with Crippen LogP contribution in [0.2, 0.25) is 0 Å². The molecule has 0 bridgehead atoms. The number of rotatable bonds is 6. The standard InChI is InChI=1S/C14H25NO/c1-12(2)7-6-8-13(3)14(16)11-15-9-4-5-10-15/h7,13H,4-6,8-11H2,1-3H3. The van der Waals surface area contributed by atoms with Crippen molar-refractivity contribution in [1.82, 2.24) is 4.90 Å². The average Bonchev–Trinajstić information content (AvgIpc) is 2.69. The first kappa shape index (κ1) is 13.4. The highest BCUT2D eigenvalue weighted by Crippen LogP contribution is 2.12. The smallest absolute Gasteiger partial charge is 0.149 e. The zero-order chi connectivity index (χ0) is 12.0. The van der Waals surface area contributed by atoms with Crippen LogP contribution in [0.4, 0.5) is 0 Å². The van der Waals surface area contributed by atoms with E-state index in [1.807, 2.05) is 0 Å². The Morgan fingerprint density at radius 2 is 1.94 bits per heavy atom. The minimum absolute atomic E-state index is 0.219. The number of hydrogen-bond donors (Lipinski definition) is 0. The molecule has 0 saturated carbocycles. The van der Waals surface area contributed by atoms with E-state index in [9.17, 15) is 4.79 Å². The van der Waals surface area contributed by atoms with Gasteiger partial charge < -0.3 is 0 Å². The summed E-state index contributed by atoms with van der Waals surface area (Å²) in [7, 11) is 0. The SMILES string of the molecule is CC(C)=CCCC(C)C(=O)CN1CCCC1. The topological polar surface area (TPSA) is 20.3 Å². The van der Waals surface area contributed by atoms with Gasteiger partial charge in [0.25, 0.3) is 0 Å². The molecule has 2 nitrogen and oxygen atoms in total. The molecule has 1 saturated heterocycles. The zero-order valence-corrected chi connectivity index (χ0v) is 11.0. The van der Waals surface area contributed by atoms with Gasteiger partial charge in [0.1, 0.15) is 5.78 Å². The number of carbonyl (C=O) groups is 1. The first-order chi connectivity index (χ1) is 7.59. The van der Waals surface area contributed by atoms with E-state index < -0.39 is 0 Å². The number of carbonyl (C=O) groups excluding carboxylic acids is 1. The van der Waals surface area contributed by atoms with Crippen LogP contribution in [0.15, 0.2) is 11.6 Å². The quantitative estimate of drug-likeness (QED) is 0.645. The second kappa shape index (κ2) is 6.85. The van der Waals surface area contributed by atoms with Gasteiger partial charge in [0.2, 0.25) is 0 Å². The number of allylic oxidation sites excluding steroid dienone is 2. The third-order valence-electron chi connectivity index (χ3n) is 3.28. The predicted molar refractivity (Wildman–Crippen MR) is 68.5 cm³/mol. The van der Waals surface area contributed by atoms with E-state index in [0.717, 1.165) is 25.9 Å². The van der Waals surface area contributed by atoms with Crippen LogP contribution in [0.1, 0.15) is 46.5 Å². The van der Waals surface area contributed by atoms with Crippen molar-refractivity contribution in [2.75, 3.05) is 19.6 Å². The highest BCUT2D eigenvalue weighted by molar-refractivity contribution is 5.82. The zero-order valence-electron chi connectivity index (χ0n) is 11.0. The third-order valence-corrected chi connectivity index (χ3v) is 3.28. The molecule has 0 aliphatic carbocycles. The van der Waals surface area contributed by atoms with Crippen molar-refractivity contribution in [3.05, 3.63) is 11.6 Å². The lowest BCUT2D eigenvalue weighted by Gasteiger charge is -2.16. The molecule has 0 amide bonds. The highest BCUT2D eigenvalue weighted by Gasteiger charge is 2.18. The predicted octanol–water partition coefficient (Wildman–Crippen LogP) is 3.03. The molecule has 92 valence electrons. The van der Waals surface area contributed by atoms with Gasteiger partial charge in [0.05, 0.1) is 6.54 Å². The number of hydrogen-bond acceptors (Lipinski definition) is 2. The van der Waals surface area contributed by atoms with Gasteiger partial charge in [-0.2, -0.15) is 0 Å². The molecule has 1 unspecified atom stereocenters. The van der Waals surface area contributed by atoms with E-state index in [0.29, 0.717) is 12.3 Å². The van der Waals surface area contributed by atoms with E-state index >= 15 is 0 Å². The van der Waals surface area contributed by atoms with Gasteiger partial charge in [0.15, 0.2) is 0 Å². The van der Waals surface area contributed by atoms with Gasteiger partial charge in [-0.05, 0) is 52.6 Å². The van der Waals surface area contributed by atoms with Crippen LogP contribution in [0.3, 0.4) is 0 Å². The summed E-state index contributed by atoms with van der Waals surface area (Å²) in [6.45, 7) is 9.19. The molecule has 1 heterocycles. The summed E-state index contributed by atoms with van der Waals surface area (Å²) in [6, 6.07) is 0. The van der Waals surface area contributed by atoms with E-state index in [1.165, 1.54) is 18.4 Å². The summed E-state index contributed by atoms with van der Waals surface area (Å²) < 4.78 is 0. The molecule has 0 aromatic rings. The van der Waals surface area contributed by atoms with Crippen LogP contribution in [0.5, 0.6) is 0 Å². The van der Waals surface area contributed by atoms with Crippen LogP contribution >= 0.6 is 0 Å². The molecule has 0 radical (unpaired) electrons. The summed E-state index contributed by atoms with van der Waals surface area (Å²) in [5.74, 6) is 0.639. The largest absolute Gasteiger partial charge is 0.298 e. The Labute approximate surface area is 99.7 Å². The Balaban J connectivity index is 2.21. The van der Waals surface area contributed by atoms with E-state index in [-0.39, 0.29) is 5.92 Å². The van der Waals surface area contributed by atoms with Gasteiger partial charge in [-0.1, -0.05) is 18.6 Å². The molecule has 0 aromatic carbocycles. The van der Waals surface area contributed by atoms with Crippen molar-refractivity contribution in [2.24, 2.45) is 5.92 Å². The van der Waals surface area contributed by atoms with Gasteiger partial charge in [0, 0.05) is 5.92 Å². The van der Waals surface area contributed by atoms with Crippen LogP contribution < -0.4 is 0 Å². The lowest BCUT2D eigenvalue weighted by molar-refractivity contribution is -0.123. The molecule has 0 aromatic heterocycles. The average molecular weight is 223 g/mol. The summed E-state index contributed by atoms with van der Waals surface area (Å²) >= 11 is 0. The summed E-state index contributed by atoms with van der Waals surface area (Å²) in [6.07, 6.45) is 6.78. The third kappa shape index (κ3) is 4.93. The Morgan fingerprint density at radius 1 is 1.31 bits per heavy atom. The molecular weight excluding hydrogens is 198 g/mol. The number of nitrogens with zero attached hydrogens (tertiary/aromatic N) is 1. The maximum Gasteiger partial charge on any atom is 0.149 e. The van der Waals surface area contributed by atoms with Crippen molar-refractivity contribution in [3.8, 4) is 0 Å². The fourth-order valence-corrected chi connectivity index (χ4v) is 2.10. The Morgan fingerprint density at radius 3 is 2.50 bits per heavy atom. The first-order valence-electron chi connectivity index (χ1n) is 6.48. The van der Waals surface area contributed by atoms with Crippen LogP contribution in [-0.4, -0.2) is 30.3 Å². The Kier molecular flexibility index (Phi) is 5.75. The fraction of sp³-hybridized carbons (Fsp3) is 0.786. The summed E-state index contributed by atoms with van der Waals surface area (Å²) in [4.78, 5) is 14.2. The van der Waals surface area contributed by atoms with Crippen LogP contribution in [0, 0.1) is 5.92 Å². The van der Waals surface area contributed by atoms with Gasteiger partial charge in [-0.25, -0.2) is 0 Å². The van der Waals surface area contributed by atoms with E-state index in [1.54, 1.807) is 0 Å². The maximum atomic E-state index is 11.9. The molecule has 0 N–H and O–H groups in total. The molecule has 0 spiro atoms. The van der Waals surface area contributed by atoms with Crippen LogP contribution in [0.25, 0.3) is 0 Å². The molecule has 1 rings (SSSR count). The second-order valence-corrected chi connectivity index (χ2v) is 5.21. The summed E-state index contributed by atoms with van der Waals surface area (Å²) in [5, 5.41) is 0. The lowest BCUT2D eigenvalue weighted by Crippen LogP contribution is -2.30. The number of ketones is 1. The van der Waals surface area contributed by atoms with Crippen molar-refractivity contribution in [2.45, 2.75) is 46.5 Å². The van der Waals surface area contributed by atoms with E-state index in [4.69, 9.17) is 0 Å². The molecule has 1 aliphatic heterocycles. The monoisotopic (exact) mass is 223 g/mol. The van der Waals surface area contributed by atoms with E-state index in [2.05, 4.69) is 31.7 Å². The normalized spacial score (nSPS) is 18.4. The Hall–Kier alpha value is -0.630. The second-order valence-electron chi connectivity index (χ2n) is 5.21. The number of Topliss-reactive ketones (excluding diaryl/α,β-unsaturated/α-hetero) is 1.